The van der Waals surface area contributed by atoms with Crippen molar-refractivity contribution in [2.75, 3.05) is 51.8 Å². The van der Waals surface area contributed by atoms with E-state index in [0.717, 1.165) is 63.7 Å². The molecule has 2 unspecified atom stereocenters. The monoisotopic (exact) mass is 428 g/mol. The van der Waals surface area contributed by atoms with Crippen LogP contribution in [0.25, 0.3) is 0 Å². The van der Waals surface area contributed by atoms with Crippen molar-refractivity contribution in [2.24, 2.45) is 4.99 Å². The van der Waals surface area contributed by atoms with Crippen LogP contribution in [-0.4, -0.2) is 91.7 Å². The SMILES string of the molecule is CCCCCN1C(N2CCN(c3ccc(OC)cc3)CC2)=NC2C1C(=O)NC(=O)N2C. The van der Waals surface area contributed by atoms with Crippen LogP contribution >= 0.6 is 0 Å². The summed E-state index contributed by atoms with van der Waals surface area (Å²) < 4.78 is 5.26. The summed E-state index contributed by atoms with van der Waals surface area (Å²) in [4.78, 5) is 37.9. The Hall–Kier alpha value is -2.97. The summed E-state index contributed by atoms with van der Waals surface area (Å²) in [6, 6.07) is 7.29. The first kappa shape index (κ1) is 21.3. The molecule has 0 aliphatic carbocycles. The van der Waals surface area contributed by atoms with Crippen LogP contribution in [0.1, 0.15) is 26.2 Å². The fourth-order valence-corrected chi connectivity index (χ4v) is 4.50. The molecule has 0 saturated carbocycles. The van der Waals surface area contributed by atoms with Crippen LogP contribution in [-0.2, 0) is 4.79 Å². The summed E-state index contributed by atoms with van der Waals surface area (Å²) >= 11 is 0. The number of urea groups is 1. The Morgan fingerprint density at radius 2 is 1.74 bits per heavy atom. The van der Waals surface area contributed by atoms with E-state index in [2.05, 4.69) is 39.1 Å². The van der Waals surface area contributed by atoms with Crippen molar-refractivity contribution in [3.63, 3.8) is 0 Å². The van der Waals surface area contributed by atoms with E-state index in [-0.39, 0.29) is 11.9 Å². The summed E-state index contributed by atoms with van der Waals surface area (Å²) in [6.45, 7) is 6.29. The highest BCUT2D eigenvalue weighted by Crippen LogP contribution is 2.27. The second-order valence-corrected chi connectivity index (χ2v) is 8.27. The van der Waals surface area contributed by atoms with Gasteiger partial charge in [-0.15, -0.1) is 0 Å². The van der Waals surface area contributed by atoms with Crippen molar-refractivity contribution in [2.45, 2.75) is 38.4 Å². The quantitative estimate of drug-likeness (QED) is 0.693. The number of carbonyl (C=O) groups is 2. The summed E-state index contributed by atoms with van der Waals surface area (Å²) in [5, 5.41) is 2.48. The zero-order valence-corrected chi connectivity index (χ0v) is 18.6. The summed E-state index contributed by atoms with van der Waals surface area (Å²) in [7, 11) is 3.38. The number of aliphatic imine (C=N–C) groups is 1. The zero-order valence-electron chi connectivity index (χ0n) is 18.6. The number of rotatable bonds is 6. The van der Waals surface area contributed by atoms with Gasteiger partial charge in [0.05, 0.1) is 7.11 Å². The molecule has 31 heavy (non-hydrogen) atoms. The van der Waals surface area contributed by atoms with E-state index in [9.17, 15) is 9.59 Å². The number of carbonyl (C=O) groups excluding carboxylic acids is 2. The number of imide groups is 1. The summed E-state index contributed by atoms with van der Waals surface area (Å²) in [5.41, 5.74) is 1.17. The largest absolute Gasteiger partial charge is 0.497 e. The maximum absolute atomic E-state index is 12.7. The van der Waals surface area contributed by atoms with Gasteiger partial charge in [-0.2, -0.15) is 0 Å². The van der Waals surface area contributed by atoms with Gasteiger partial charge in [0.25, 0.3) is 5.91 Å². The molecule has 0 aromatic heterocycles. The predicted molar refractivity (Wildman–Crippen MR) is 119 cm³/mol. The minimum atomic E-state index is -0.461. The van der Waals surface area contributed by atoms with E-state index >= 15 is 0 Å². The van der Waals surface area contributed by atoms with Gasteiger partial charge >= 0.3 is 6.03 Å². The van der Waals surface area contributed by atoms with Crippen LogP contribution in [0.2, 0.25) is 0 Å². The first-order valence-electron chi connectivity index (χ1n) is 11.1. The normalized spacial score (nSPS) is 23.6. The van der Waals surface area contributed by atoms with Gasteiger partial charge in [0, 0.05) is 45.5 Å². The van der Waals surface area contributed by atoms with Crippen molar-refractivity contribution >= 4 is 23.6 Å². The van der Waals surface area contributed by atoms with Gasteiger partial charge in [-0.1, -0.05) is 19.8 Å². The third kappa shape index (κ3) is 4.13. The molecule has 168 valence electrons. The number of hydrogen-bond acceptors (Lipinski definition) is 7. The average molecular weight is 429 g/mol. The van der Waals surface area contributed by atoms with Gasteiger partial charge in [0.1, 0.15) is 5.75 Å². The van der Waals surface area contributed by atoms with Crippen LogP contribution in [0.4, 0.5) is 10.5 Å². The number of piperazine rings is 1. The van der Waals surface area contributed by atoms with E-state index in [1.165, 1.54) is 5.69 Å². The molecule has 3 aliphatic heterocycles. The number of unbranched alkanes of at least 4 members (excludes halogenated alkanes) is 2. The highest BCUT2D eigenvalue weighted by atomic mass is 16.5. The number of likely N-dealkylation sites (N-methyl/N-ethyl adjacent to an activating group) is 1. The Balaban J connectivity index is 1.48. The third-order valence-electron chi connectivity index (χ3n) is 6.34. The standard InChI is InChI=1S/C22H32N6O3/c1-4-5-6-11-28-18-19(25(2)22(30)24-20(18)29)23-21(28)27-14-12-26(13-15-27)16-7-9-17(31-3)10-8-16/h7-10,18-19H,4-6,11-15H2,1-3H3,(H,24,29,30). The van der Waals surface area contributed by atoms with Gasteiger partial charge in [0.2, 0.25) is 0 Å². The van der Waals surface area contributed by atoms with E-state index < -0.39 is 12.2 Å². The van der Waals surface area contributed by atoms with Crippen LogP contribution < -0.4 is 15.0 Å². The second-order valence-electron chi connectivity index (χ2n) is 8.27. The van der Waals surface area contributed by atoms with Gasteiger partial charge in [-0.05, 0) is 30.7 Å². The van der Waals surface area contributed by atoms with Gasteiger partial charge in [-0.3, -0.25) is 10.1 Å². The molecule has 3 amide bonds. The number of amides is 3. The van der Waals surface area contributed by atoms with Crippen molar-refractivity contribution in [3.05, 3.63) is 24.3 Å². The molecule has 2 saturated heterocycles. The number of nitrogens with zero attached hydrogens (tertiary/aromatic N) is 5. The lowest BCUT2D eigenvalue weighted by molar-refractivity contribution is -0.127. The number of benzene rings is 1. The molecular formula is C22H32N6O3. The maximum Gasteiger partial charge on any atom is 0.325 e. The lowest BCUT2D eigenvalue weighted by atomic mass is 10.1. The number of fused-ring (bicyclic) bond motifs is 1. The van der Waals surface area contributed by atoms with Crippen LogP contribution in [0.15, 0.2) is 29.3 Å². The van der Waals surface area contributed by atoms with E-state index in [4.69, 9.17) is 9.73 Å². The Kier molecular flexibility index (Phi) is 6.20. The molecule has 9 heteroatoms. The van der Waals surface area contributed by atoms with Crippen molar-refractivity contribution in [3.8, 4) is 5.75 Å². The number of methoxy groups -OCH3 is 1. The third-order valence-corrected chi connectivity index (χ3v) is 6.34. The number of ether oxygens (including phenoxy) is 1. The first-order chi connectivity index (χ1) is 15.0. The number of nitrogens with one attached hydrogen (secondary N) is 1. The first-order valence-corrected chi connectivity index (χ1v) is 11.1. The smallest absolute Gasteiger partial charge is 0.325 e. The zero-order chi connectivity index (χ0) is 22.0. The molecule has 2 atom stereocenters. The van der Waals surface area contributed by atoms with Gasteiger partial charge < -0.3 is 24.3 Å². The van der Waals surface area contributed by atoms with Crippen LogP contribution in [0.5, 0.6) is 5.75 Å². The highest BCUT2D eigenvalue weighted by Gasteiger charge is 2.49. The number of hydrogen-bond donors (Lipinski definition) is 1. The lowest BCUT2D eigenvalue weighted by Crippen LogP contribution is -2.64. The minimum absolute atomic E-state index is 0.250. The fraction of sp³-hybridized carbons (Fsp3) is 0.591. The molecule has 2 fully saturated rings. The Labute approximate surface area is 183 Å². The van der Waals surface area contributed by atoms with E-state index in [0.29, 0.717) is 0 Å². The molecule has 0 bridgehead atoms. The number of anilines is 1. The summed E-state index contributed by atoms with van der Waals surface area (Å²) in [5.74, 6) is 1.45. The van der Waals surface area contributed by atoms with E-state index in [1.54, 1.807) is 19.1 Å². The second kappa shape index (κ2) is 9.03. The van der Waals surface area contributed by atoms with Gasteiger partial charge in [-0.25, -0.2) is 9.79 Å². The van der Waals surface area contributed by atoms with E-state index in [1.807, 2.05) is 12.1 Å². The molecule has 1 aromatic rings. The number of guanidine groups is 1. The Morgan fingerprint density at radius 3 is 2.39 bits per heavy atom. The molecular weight excluding hydrogens is 396 g/mol. The fourth-order valence-electron chi connectivity index (χ4n) is 4.50. The van der Waals surface area contributed by atoms with Crippen LogP contribution in [0, 0.1) is 0 Å². The molecule has 1 aromatic carbocycles. The Morgan fingerprint density at radius 1 is 1.06 bits per heavy atom. The molecule has 0 radical (unpaired) electrons. The molecule has 1 N–H and O–H groups in total. The van der Waals surface area contributed by atoms with Crippen LogP contribution in [0.3, 0.4) is 0 Å². The molecule has 3 aliphatic rings. The average Bonchev–Trinajstić information content (AvgIpc) is 3.18. The van der Waals surface area contributed by atoms with Crippen molar-refractivity contribution in [1.29, 1.82) is 0 Å². The highest BCUT2D eigenvalue weighted by molar-refractivity contribution is 6.03. The predicted octanol–water partition coefficient (Wildman–Crippen LogP) is 1.56. The minimum Gasteiger partial charge on any atom is -0.497 e. The lowest BCUT2D eigenvalue weighted by Gasteiger charge is -2.41. The molecule has 0 spiro atoms. The Bertz CT molecular complexity index is 834. The summed E-state index contributed by atoms with van der Waals surface area (Å²) in [6.07, 6.45) is 2.75. The molecule has 9 nitrogen and oxygen atoms in total. The van der Waals surface area contributed by atoms with Crippen molar-refractivity contribution < 1.29 is 14.3 Å². The van der Waals surface area contributed by atoms with Crippen molar-refractivity contribution in [1.82, 2.24) is 20.0 Å². The molecule has 4 rings (SSSR count). The van der Waals surface area contributed by atoms with Gasteiger partial charge in [0.15, 0.2) is 18.2 Å². The maximum atomic E-state index is 12.7. The topological polar surface area (TPSA) is 80.7 Å². The molecule has 3 heterocycles.